The molecule has 0 spiro atoms. The van der Waals surface area contributed by atoms with Gasteiger partial charge in [-0.3, -0.25) is 4.98 Å². The number of hydrogen-bond donors (Lipinski definition) is 1. The lowest BCUT2D eigenvalue weighted by Gasteiger charge is -2.26. The van der Waals surface area contributed by atoms with E-state index in [-0.39, 0.29) is 0 Å². The summed E-state index contributed by atoms with van der Waals surface area (Å²) in [4.78, 5) is 6.50. The molecule has 106 valence electrons. The quantitative estimate of drug-likeness (QED) is 0.876. The summed E-state index contributed by atoms with van der Waals surface area (Å²) in [6.45, 7) is 4.15. The molecule has 0 amide bonds. The third-order valence-electron chi connectivity index (χ3n) is 3.16. The van der Waals surface area contributed by atoms with Crippen LogP contribution in [0.5, 0.6) is 5.75 Å². The van der Waals surface area contributed by atoms with E-state index in [9.17, 15) is 0 Å². The molecule has 0 fully saturated rings. The molecule has 0 aliphatic carbocycles. The highest BCUT2D eigenvalue weighted by molar-refractivity contribution is 5.58. The number of methoxy groups -OCH3 is 1. The van der Waals surface area contributed by atoms with Crippen LogP contribution in [0.3, 0.4) is 0 Å². The first kappa shape index (κ1) is 14.3. The van der Waals surface area contributed by atoms with Crippen molar-refractivity contribution < 1.29 is 4.74 Å². The summed E-state index contributed by atoms with van der Waals surface area (Å²) in [6, 6.07) is 12.4. The maximum absolute atomic E-state index is 5.75. The van der Waals surface area contributed by atoms with Crippen molar-refractivity contribution in [1.82, 2.24) is 4.98 Å². The molecule has 4 heteroatoms. The molecular weight excluding hydrogens is 250 g/mol. The second-order valence-corrected chi connectivity index (χ2v) is 4.69. The zero-order valence-corrected chi connectivity index (χ0v) is 12.0. The summed E-state index contributed by atoms with van der Waals surface area (Å²) in [6.07, 6.45) is 1.76. The molecule has 0 saturated carbocycles. The molecule has 0 aliphatic heterocycles. The lowest BCUT2D eigenvalue weighted by Crippen LogP contribution is -2.29. The minimum Gasteiger partial charge on any atom is -0.493 e. The molecule has 2 aromatic rings. The number of benzene rings is 1. The van der Waals surface area contributed by atoms with Gasteiger partial charge < -0.3 is 15.4 Å². The SMILES string of the molecule is COc1cnc(C)cc1N(CCN)Cc1ccccc1. The molecule has 20 heavy (non-hydrogen) atoms. The number of aryl methyl sites for hydroxylation is 1. The van der Waals surface area contributed by atoms with Gasteiger partial charge in [-0.25, -0.2) is 0 Å². The first-order valence-corrected chi connectivity index (χ1v) is 6.74. The fourth-order valence-corrected chi connectivity index (χ4v) is 2.18. The zero-order chi connectivity index (χ0) is 14.4. The lowest BCUT2D eigenvalue weighted by atomic mass is 10.2. The van der Waals surface area contributed by atoms with Crippen LogP contribution in [-0.4, -0.2) is 25.2 Å². The average molecular weight is 271 g/mol. The molecule has 2 rings (SSSR count). The summed E-state index contributed by atoms with van der Waals surface area (Å²) in [5.74, 6) is 0.778. The Kier molecular flexibility index (Phi) is 4.96. The fourth-order valence-electron chi connectivity index (χ4n) is 2.18. The van der Waals surface area contributed by atoms with Crippen LogP contribution in [0.25, 0.3) is 0 Å². The van der Waals surface area contributed by atoms with E-state index >= 15 is 0 Å². The van der Waals surface area contributed by atoms with Crippen molar-refractivity contribution in [1.29, 1.82) is 0 Å². The van der Waals surface area contributed by atoms with Crippen LogP contribution >= 0.6 is 0 Å². The first-order chi connectivity index (χ1) is 9.74. The third kappa shape index (κ3) is 3.48. The Bertz CT molecular complexity index is 543. The summed E-state index contributed by atoms with van der Waals surface area (Å²) in [5.41, 5.74) is 9.00. The van der Waals surface area contributed by atoms with Gasteiger partial charge in [-0.1, -0.05) is 30.3 Å². The maximum Gasteiger partial charge on any atom is 0.160 e. The van der Waals surface area contributed by atoms with E-state index in [2.05, 4.69) is 22.0 Å². The van der Waals surface area contributed by atoms with Crippen molar-refractivity contribution in [2.75, 3.05) is 25.1 Å². The Balaban J connectivity index is 2.30. The highest BCUT2D eigenvalue weighted by Crippen LogP contribution is 2.28. The van der Waals surface area contributed by atoms with Gasteiger partial charge in [0.2, 0.25) is 0 Å². The molecule has 0 bridgehead atoms. The lowest BCUT2D eigenvalue weighted by molar-refractivity contribution is 0.412. The van der Waals surface area contributed by atoms with Gasteiger partial charge in [0.25, 0.3) is 0 Å². The topological polar surface area (TPSA) is 51.4 Å². The zero-order valence-electron chi connectivity index (χ0n) is 12.0. The van der Waals surface area contributed by atoms with Crippen LogP contribution in [0, 0.1) is 6.92 Å². The standard InChI is InChI=1S/C16H21N3O/c1-13-10-15(16(20-2)11-18-13)19(9-8-17)12-14-6-4-3-5-7-14/h3-7,10-11H,8-9,12,17H2,1-2H3. The summed E-state index contributed by atoms with van der Waals surface area (Å²) in [7, 11) is 1.67. The number of rotatable bonds is 6. The number of pyridine rings is 1. The van der Waals surface area contributed by atoms with Gasteiger partial charge in [0.15, 0.2) is 5.75 Å². The minimum absolute atomic E-state index is 0.595. The average Bonchev–Trinajstić information content (AvgIpc) is 2.48. The Morgan fingerprint density at radius 3 is 2.65 bits per heavy atom. The molecule has 1 heterocycles. The van der Waals surface area contributed by atoms with E-state index in [0.717, 1.165) is 30.2 Å². The van der Waals surface area contributed by atoms with Gasteiger partial charge in [-0.05, 0) is 18.6 Å². The highest BCUT2D eigenvalue weighted by Gasteiger charge is 2.13. The van der Waals surface area contributed by atoms with E-state index in [1.807, 2.05) is 31.2 Å². The predicted molar refractivity (Wildman–Crippen MR) is 82.1 cm³/mol. The van der Waals surface area contributed by atoms with Crippen LogP contribution in [0.1, 0.15) is 11.3 Å². The van der Waals surface area contributed by atoms with Gasteiger partial charge in [-0.2, -0.15) is 0 Å². The van der Waals surface area contributed by atoms with E-state index in [1.54, 1.807) is 13.3 Å². The van der Waals surface area contributed by atoms with Gasteiger partial charge in [0.1, 0.15) is 0 Å². The molecule has 0 radical (unpaired) electrons. The number of ether oxygens (including phenoxy) is 1. The molecular formula is C16H21N3O. The highest BCUT2D eigenvalue weighted by atomic mass is 16.5. The van der Waals surface area contributed by atoms with E-state index in [0.29, 0.717) is 6.54 Å². The minimum atomic E-state index is 0.595. The fraction of sp³-hybridized carbons (Fsp3) is 0.312. The van der Waals surface area contributed by atoms with Crippen molar-refractivity contribution in [2.24, 2.45) is 5.73 Å². The number of hydrogen-bond acceptors (Lipinski definition) is 4. The van der Waals surface area contributed by atoms with Crippen molar-refractivity contribution in [3.8, 4) is 5.75 Å². The van der Waals surface area contributed by atoms with Crippen LogP contribution in [0.4, 0.5) is 5.69 Å². The monoisotopic (exact) mass is 271 g/mol. The van der Waals surface area contributed by atoms with Gasteiger partial charge in [-0.15, -0.1) is 0 Å². The molecule has 1 aromatic carbocycles. The molecule has 1 aromatic heterocycles. The largest absolute Gasteiger partial charge is 0.493 e. The van der Waals surface area contributed by atoms with Gasteiger partial charge in [0.05, 0.1) is 19.0 Å². The maximum atomic E-state index is 5.75. The number of nitrogens with zero attached hydrogens (tertiary/aromatic N) is 2. The Labute approximate surface area is 120 Å². The molecule has 0 atom stereocenters. The van der Waals surface area contributed by atoms with Crippen molar-refractivity contribution >= 4 is 5.69 Å². The Hall–Kier alpha value is -2.07. The van der Waals surface area contributed by atoms with Crippen LogP contribution in [0.2, 0.25) is 0 Å². The Morgan fingerprint density at radius 1 is 1.25 bits per heavy atom. The number of aromatic nitrogens is 1. The first-order valence-electron chi connectivity index (χ1n) is 6.74. The third-order valence-corrected chi connectivity index (χ3v) is 3.16. The normalized spacial score (nSPS) is 10.3. The summed E-state index contributed by atoms with van der Waals surface area (Å²) >= 11 is 0. The number of anilines is 1. The van der Waals surface area contributed by atoms with Crippen molar-refractivity contribution in [2.45, 2.75) is 13.5 Å². The van der Waals surface area contributed by atoms with E-state index in [4.69, 9.17) is 10.5 Å². The summed E-state index contributed by atoms with van der Waals surface area (Å²) < 4.78 is 5.42. The Morgan fingerprint density at radius 2 is 2.00 bits per heavy atom. The summed E-state index contributed by atoms with van der Waals surface area (Å²) in [5, 5.41) is 0. The molecule has 0 aliphatic rings. The second kappa shape index (κ2) is 6.91. The van der Waals surface area contributed by atoms with E-state index < -0.39 is 0 Å². The van der Waals surface area contributed by atoms with Crippen molar-refractivity contribution in [3.05, 3.63) is 53.9 Å². The molecule has 0 saturated heterocycles. The smallest absolute Gasteiger partial charge is 0.160 e. The molecule has 4 nitrogen and oxygen atoms in total. The van der Waals surface area contributed by atoms with E-state index in [1.165, 1.54) is 5.56 Å². The van der Waals surface area contributed by atoms with Crippen LogP contribution in [-0.2, 0) is 6.54 Å². The van der Waals surface area contributed by atoms with Gasteiger partial charge in [0, 0.05) is 25.3 Å². The second-order valence-electron chi connectivity index (χ2n) is 4.69. The number of nitrogens with two attached hydrogens (primary N) is 1. The van der Waals surface area contributed by atoms with Crippen LogP contribution in [0.15, 0.2) is 42.6 Å². The van der Waals surface area contributed by atoms with Crippen molar-refractivity contribution in [3.63, 3.8) is 0 Å². The van der Waals surface area contributed by atoms with Crippen LogP contribution < -0.4 is 15.4 Å². The van der Waals surface area contributed by atoms with Gasteiger partial charge >= 0.3 is 0 Å². The molecule has 2 N–H and O–H groups in total. The predicted octanol–water partition coefficient (Wildman–Crippen LogP) is 2.36. The molecule has 0 unspecified atom stereocenters.